The zero-order valence-electron chi connectivity index (χ0n) is 10.6. The fourth-order valence-electron chi connectivity index (χ4n) is 2.03. The summed E-state index contributed by atoms with van der Waals surface area (Å²) in [4.78, 5) is 24.8. The second kappa shape index (κ2) is 6.59. The number of likely N-dealkylation sites (tertiary alicyclic amines) is 1. The zero-order valence-corrected chi connectivity index (χ0v) is 10.6. The van der Waals surface area contributed by atoms with Crippen molar-refractivity contribution in [2.24, 2.45) is 5.92 Å². The molecule has 2 N–H and O–H groups in total. The molecule has 17 heavy (non-hydrogen) atoms. The Hall–Kier alpha value is -1.10. The summed E-state index contributed by atoms with van der Waals surface area (Å²) in [5, 5.41) is 11.5. The SMILES string of the molecule is CC(C)[C@@H](NC(=O)CCN1CCCC1)C(=O)O. The first-order valence-corrected chi connectivity index (χ1v) is 6.25. The van der Waals surface area contributed by atoms with Gasteiger partial charge in [-0.3, -0.25) is 4.79 Å². The van der Waals surface area contributed by atoms with E-state index in [-0.39, 0.29) is 11.8 Å². The number of hydrogen-bond donors (Lipinski definition) is 2. The summed E-state index contributed by atoms with van der Waals surface area (Å²) in [5.41, 5.74) is 0. The molecule has 1 saturated heterocycles. The van der Waals surface area contributed by atoms with E-state index in [1.165, 1.54) is 12.8 Å². The minimum absolute atomic E-state index is 0.0942. The molecular weight excluding hydrogens is 220 g/mol. The molecule has 1 heterocycles. The predicted octanol–water partition coefficient (Wildman–Crippen LogP) is 0.698. The highest BCUT2D eigenvalue weighted by Crippen LogP contribution is 2.08. The number of carbonyl (C=O) groups excluding carboxylic acids is 1. The van der Waals surface area contributed by atoms with Crippen LogP contribution >= 0.6 is 0 Å². The van der Waals surface area contributed by atoms with Crippen molar-refractivity contribution in [1.82, 2.24) is 10.2 Å². The molecule has 0 saturated carbocycles. The van der Waals surface area contributed by atoms with Gasteiger partial charge in [0.25, 0.3) is 0 Å². The van der Waals surface area contributed by atoms with Gasteiger partial charge in [0.15, 0.2) is 0 Å². The van der Waals surface area contributed by atoms with Crippen LogP contribution < -0.4 is 5.32 Å². The van der Waals surface area contributed by atoms with Gasteiger partial charge in [0.2, 0.25) is 5.91 Å². The lowest BCUT2D eigenvalue weighted by atomic mass is 10.0. The summed E-state index contributed by atoms with van der Waals surface area (Å²) in [5.74, 6) is -1.23. The quantitative estimate of drug-likeness (QED) is 0.719. The first kappa shape index (κ1) is 14.0. The van der Waals surface area contributed by atoms with Gasteiger partial charge in [0.05, 0.1) is 0 Å². The van der Waals surface area contributed by atoms with Gasteiger partial charge in [-0.05, 0) is 31.8 Å². The first-order chi connectivity index (χ1) is 8.00. The fourth-order valence-corrected chi connectivity index (χ4v) is 2.03. The monoisotopic (exact) mass is 242 g/mol. The van der Waals surface area contributed by atoms with Crippen LogP contribution in [0.1, 0.15) is 33.1 Å². The van der Waals surface area contributed by atoms with Crippen molar-refractivity contribution in [3.63, 3.8) is 0 Å². The van der Waals surface area contributed by atoms with Crippen LogP contribution in [0.4, 0.5) is 0 Å². The third kappa shape index (κ3) is 4.73. The van der Waals surface area contributed by atoms with Crippen LogP contribution in [0.25, 0.3) is 0 Å². The molecule has 0 aliphatic carbocycles. The number of amides is 1. The second-order valence-electron chi connectivity index (χ2n) is 4.93. The smallest absolute Gasteiger partial charge is 0.326 e. The topological polar surface area (TPSA) is 69.6 Å². The molecule has 98 valence electrons. The molecule has 0 radical (unpaired) electrons. The van der Waals surface area contributed by atoms with E-state index in [4.69, 9.17) is 5.11 Å². The molecule has 1 aliphatic heterocycles. The molecule has 1 atom stereocenters. The van der Waals surface area contributed by atoms with Gasteiger partial charge in [-0.15, -0.1) is 0 Å². The Balaban J connectivity index is 2.29. The summed E-state index contributed by atoms with van der Waals surface area (Å²) in [6.45, 7) is 6.43. The normalized spacial score (nSPS) is 18.3. The molecule has 1 fully saturated rings. The largest absolute Gasteiger partial charge is 0.480 e. The molecule has 5 nitrogen and oxygen atoms in total. The summed E-state index contributed by atoms with van der Waals surface area (Å²) >= 11 is 0. The Morgan fingerprint density at radius 1 is 1.29 bits per heavy atom. The van der Waals surface area contributed by atoms with Gasteiger partial charge in [0, 0.05) is 13.0 Å². The van der Waals surface area contributed by atoms with E-state index in [0.717, 1.165) is 19.6 Å². The number of carbonyl (C=O) groups is 2. The molecule has 0 unspecified atom stereocenters. The summed E-state index contributed by atoms with van der Waals surface area (Å²) in [7, 11) is 0. The Labute approximate surface area is 102 Å². The fraction of sp³-hybridized carbons (Fsp3) is 0.833. The summed E-state index contributed by atoms with van der Waals surface area (Å²) < 4.78 is 0. The molecule has 5 heteroatoms. The number of rotatable bonds is 6. The van der Waals surface area contributed by atoms with Crippen molar-refractivity contribution in [2.75, 3.05) is 19.6 Å². The van der Waals surface area contributed by atoms with Gasteiger partial charge < -0.3 is 15.3 Å². The zero-order chi connectivity index (χ0) is 12.8. The van der Waals surface area contributed by atoms with Crippen molar-refractivity contribution >= 4 is 11.9 Å². The van der Waals surface area contributed by atoms with E-state index in [2.05, 4.69) is 10.2 Å². The van der Waals surface area contributed by atoms with Crippen molar-refractivity contribution < 1.29 is 14.7 Å². The Kier molecular flexibility index (Phi) is 5.41. The highest BCUT2D eigenvalue weighted by Gasteiger charge is 2.23. The number of carboxylic acids is 1. The first-order valence-electron chi connectivity index (χ1n) is 6.25. The number of nitrogens with zero attached hydrogens (tertiary/aromatic N) is 1. The Morgan fingerprint density at radius 3 is 2.35 bits per heavy atom. The average Bonchev–Trinajstić information content (AvgIpc) is 2.74. The molecule has 1 aliphatic rings. The molecule has 0 aromatic carbocycles. The van der Waals surface area contributed by atoms with Crippen LogP contribution in [0, 0.1) is 5.92 Å². The van der Waals surface area contributed by atoms with Crippen molar-refractivity contribution in [3.05, 3.63) is 0 Å². The molecule has 1 rings (SSSR count). The maximum atomic E-state index is 11.6. The Bertz CT molecular complexity index is 273. The molecule has 0 aromatic heterocycles. The van der Waals surface area contributed by atoms with E-state index < -0.39 is 12.0 Å². The summed E-state index contributed by atoms with van der Waals surface area (Å²) in [6, 6.07) is -0.777. The van der Waals surface area contributed by atoms with Crippen molar-refractivity contribution in [3.8, 4) is 0 Å². The van der Waals surface area contributed by atoms with Crippen LogP contribution in [0.5, 0.6) is 0 Å². The van der Waals surface area contributed by atoms with Gasteiger partial charge in [0.1, 0.15) is 6.04 Å². The predicted molar refractivity (Wildman–Crippen MR) is 64.7 cm³/mol. The highest BCUT2D eigenvalue weighted by atomic mass is 16.4. The lowest BCUT2D eigenvalue weighted by Crippen LogP contribution is -2.45. The van der Waals surface area contributed by atoms with Crippen LogP contribution in [0.2, 0.25) is 0 Å². The number of carboxylic acid groups (broad SMARTS) is 1. The van der Waals surface area contributed by atoms with Gasteiger partial charge >= 0.3 is 5.97 Å². The third-order valence-corrected chi connectivity index (χ3v) is 3.10. The maximum absolute atomic E-state index is 11.6. The van der Waals surface area contributed by atoms with Crippen LogP contribution in [0.15, 0.2) is 0 Å². The number of aliphatic carboxylic acids is 1. The third-order valence-electron chi connectivity index (χ3n) is 3.10. The highest BCUT2D eigenvalue weighted by molar-refractivity contribution is 5.83. The summed E-state index contributed by atoms with van der Waals surface area (Å²) in [6.07, 6.45) is 2.78. The molecule has 1 amide bonds. The van der Waals surface area contributed by atoms with E-state index in [1.807, 2.05) is 0 Å². The van der Waals surface area contributed by atoms with E-state index in [0.29, 0.717) is 6.42 Å². The van der Waals surface area contributed by atoms with Crippen LogP contribution in [-0.4, -0.2) is 47.6 Å². The minimum atomic E-state index is -0.963. The number of hydrogen-bond acceptors (Lipinski definition) is 3. The van der Waals surface area contributed by atoms with Crippen molar-refractivity contribution in [1.29, 1.82) is 0 Å². The molecule has 0 spiro atoms. The number of nitrogens with one attached hydrogen (secondary N) is 1. The van der Waals surface area contributed by atoms with Gasteiger partial charge in [-0.1, -0.05) is 13.8 Å². The Morgan fingerprint density at radius 2 is 1.88 bits per heavy atom. The minimum Gasteiger partial charge on any atom is -0.480 e. The lowest BCUT2D eigenvalue weighted by Gasteiger charge is -2.19. The van der Waals surface area contributed by atoms with Gasteiger partial charge in [-0.25, -0.2) is 4.79 Å². The van der Waals surface area contributed by atoms with Gasteiger partial charge in [-0.2, -0.15) is 0 Å². The van der Waals surface area contributed by atoms with E-state index in [1.54, 1.807) is 13.8 Å². The van der Waals surface area contributed by atoms with Crippen molar-refractivity contribution in [2.45, 2.75) is 39.2 Å². The molecule has 0 bridgehead atoms. The molecular formula is C12H22N2O3. The average molecular weight is 242 g/mol. The van der Waals surface area contributed by atoms with E-state index in [9.17, 15) is 9.59 Å². The van der Waals surface area contributed by atoms with E-state index >= 15 is 0 Å². The standard InChI is InChI=1S/C12H22N2O3/c1-9(2)11(12(16)17)13-10(15)5-8-14-6-3-4-7-14/h9,11H,3-8H2,1-2H3,(H,13,15)(H,16,17)/t11-/m1/s1. The molecule has 0 aromatic rings. The van der Waals surface area contributed by atoms with Crippen LogP contribution in [0.3, 0.4) is 0 Å². The maximum Gasteiger partial charge on any atom is 0.326 e. The lowest BCUT2D eigenvalue weighted by molar-refractivity contribution is -0.143. The van der Waals surface area contributed by atoms with Crippen LogP contribution in [-0.2, 0) is 9.59 Å². The second-order valence-corrected chi connectivity index (χ2v) is 4.93.